The second-order valence-electron chi connectivity index (χ2n) is 2.87. The van der Waals surface area contributed by atoms with Gasteiger partial charge in [0, 0.05) is 12.0 Å². The molecular weight excluding hydrogens is 124 g/mol. The lowest BCUT2D eigenvalue weighted by atomic mass is 10.0. The Kier molecular flexibility index (Phi) is 1.28. The third kappa shape index (κ3) is 0.936. The second kappa shape index (κ2) is 1.66. The van der Waals surface area contributed by atoms with Crippen LogP contribution in [-0.4, -0.2) is 12.5 Å². The number of alkyl halides is 2. The Labute approximate surface area is 53.2 Å². The summed E-state index contributed by atoms with van der Waals surface area (Å²) in [6.45, 7) is 1.07. The molecule has 0 radical (unpaired) electrons. The minimum atomic E-state index is -2.57. The van der Waals surface area contributed by atoms with Crippen LogP contribution in [0.1, 0.15) is 19.8 Å². The second-order valence-corrected chi connectivity index (χ2v) is 2.87. The summed E-state index contributed by atoms with van der Waals surface area (Å²) in [4.78, 5) is 0. The lowest BCUT2D eigenvalue weighted by Crippen LogP contribution is -2.32. The number of rotatable bonds is 2. The maximum absolute atomic E-state index is 12.5. The summed E-state index contributed by atoms with van der Waals surface area (Å²) in [5, 5.41) is 0. The minimum Gasteiger partial charge on any atom is -0.330 e. The van der Waals surface area contributed by atoms with Crippen molar-refractivity contribution in [3.05, 3.63) is 0 Å². The Balaban J connectivity index is 2.60. The Bertz CT molecular complexity index is 113. The van der Waals surface area contributed by atoms with E-state index in [1.54, 1.807) is 0 Å². The van der Waals surface area contributed by atoms with Gasteiger partial charge in [0.2, 0.25) is 0 Å². The zero-order valence-electron chi connectivity index (χ0n) is 5.45. The Morgan fingerprint density at radius 3 is 2.00 bits per heavy atom. The van der Waals surface area contributed by atoms with Crippen LogP contribution in [0.4, 0.5) is 8.78 Å². The molecule has 1 saturated carbocycles. The van der Waals surface area contributed by atoms with Crippen molar-refractivity contribution in [2.45, 2.75) is 25.7 Å². The highest BCUT2D eigenvalue weighted by Gasteiger charge is 2.57. The van der Waals surface area contributed by atoms with Crippen molar-refractivity contribution in [2.24, 2.45) is 11.1 Å². The van der Waals surface area contributed by atoms with E-state index >= 15 is 0 Å². The van der Waals surface area contributed by atoms with Crippen molar-refractivity contribution in [1.29, 1.82) is 0 Å². The Morgan fingerprint density at radius 2 is 2.00 bits per heavy atom. The van der Waals surface area contributed by atoms with Gasteiger partial charge in [0.25, 0.3) is 5.92 Å². The highest BCUT2D eigenvalue weighted by Crippen LogP contribution is 2.55. The van der Waals surface area contributed by atoms with E-state index in [0.29, 0.717) is 12.8 Å². The largest absolute Gasteiger partial charge is 0.330 e. The third-order valence-electron chi connectivity index (χ3n) is 2.18. The predicted molar refractivity (Wildman–Crippen MR) is 31.3 cm³/mol. The van der Waals surface area contributed by atoms with Gasteiger partial charge in [-0.2, -0.15) is 0 Å². The van der Waals surface area contributed by atoms with Crippen LogP contribution in [0.25, 0.3) is 0 Å². The predicted octanol–water partition coefficient (Wildman–Crippen LogP) is 1.38. The molecule has 1 aliphatic rings. The average molecular weight is 135 g/mol. The van der Waals surface area contributed by atoms with Gasteiger partial charge >= 0.3 is 0 Å². The topological polar surface area (TPSA) is 26.0 Å². The van der Waals surface area contributed by atoms with Gasteiger partial charge in [0.15, 0.2) is 0 Å². The van der Waals surface area contributed by atoms with Crippen molar-refractivity contribution in [2.75, 3.05) is 6.54 Å². The molecular formula is C6H11F2N. The summed E-state index contributed by atoms with van der Waals surface area (Å²) in [5.74, 6) is -2.57. The van der Waals surface area contributed by atoms with E-state index in [1.807, 2.05) is 0 Å². The van der Waals surface area contributed by atoms with Gasteiger partial charge in [0.05, 0.1) is 0 Å². The molecule has 0 spiro atoms. The van der Waals surface area contributed by atoms with E-state index in [1.165, 1.54) is 0 Å². The summed E-state index contributed by atoms with van der Waals surface area (Å²) in [6, 6.07) is 0. The normalized spacial score (nSPS) is 24.0. The van der Waals surface area contributed by atoms with E-state index in [0.717, 1.165) is 6.92 Å². The van der Waals surface area contributed by atoms with Gasteiger partial charge in [0.1, 0.15) is 0 Å². The molecule has 0 amide bonds. The van der Waals surface area contributed by atoms with Crippen LogP contribution in [0.5, 0.6) is 0 Å². The fraction of sp³-hybridized carbons (Fsp3) is 1.00. The Morgan fingerprint density at radius 1 is 1.56 bits per heavy atom. The molecule has 9 heavy (non-hydrogen) atoms. The standard InChI is InChI=1S/C6H11F2N/c1-5(7,8)6(4-9)2-3-6/h2-4,9H2,1H3. The fourth-order valence-corrected chi connectivity index (χ4v) is 0.973. The summed E-state index contributed by atoms with van der Waals surface area (Å²) in [5.41, 5.74) is 4.35. The van der Waals surface area contributed by atoms with Crippen LogP contribution in [-0.2, 0) is 0 Å². The maximum Gasteiger partial charge on any atom is 0.252 e. The van der Waals surface area contributed by atoms with Crippen molar-refractivity contribution >= 4 is 0 Å². The SMILES string of the molecule is CC(F)(F)C1(CN)CC1. The molecule has 0 unspecified atom stereocenters. The van der Waals surface area contributed by atoms with Gasteiger partial charge in [-0.1, -0.05) is 0 Å². The van der Waals surface area contributed by atoms with E-state index in [4.69, 9.17) is 5.73 Å². The Hall–Kier alpha value is -0.180. The van der Waals surface area contributed by atoms with Crippen molar-refractivity contribution < 1.29 is 8.78 Å². The van der Waals surface area contributed by atoms with Gasteiger partial charge in [-0.3, -0.25) is 0 Å². The maximum atomic E-state index is 12.5. The summed E-state index contributed by atoms with van der Waals surface area (Å²) in [7, 11) is 0. The highest BCUT2D eigenvalue weighted by molar-refractivity contribution is 5.02. The first-order chi connectivity index (χ1) is 4.02. The highest BCUT2D eigenvalue weighted by atomic mass is 19.3. The number of hydrogen-bond acceptors (Lipinski definition) is 1. The molecule has 1 nitrogen and oxygen atoms in total. The molecule has 0 aromatic carbocycles. The molecule has 0 atom stereocenters. The lowest BCUT2D eigenvalue weighted by molar-refractivity contribution is -0.0502. The lowest BCUT2D eigenvalue weighted by Gasteiger charge is -2.20. The molecule has 54 valence electrons. The van der Waals surface area contributed by atoms with Crippen molar-refractivity contribution in [3.8, 4) is 0 Å². The van der Waals surface area contributed by atoms with Gasteiger partial charge < -0.3 is 5.73 Å². The summed E-state index contributed by atoms with van der Waals surface area (Å²) in [6.07, 6.45) is 1.18. The first-order valence-corrected chi connectivity index (χ1v) is 3.10. The number of nitrogens with two attached hydrogens (primary N) is 1. The van der Waals surface area contributed by atoms with Gasteiger partial charge in [-0.25, -0.2) is 8.78 Å². The molecule has 1 fully saturated rings. The molecule has 0 heterocycles. The minimum absolute atomic E-state index is 0.122. The molecule has 0 saturated heterocycles. The van der Waals surface area contributed by atoms with Crippen LogP contribution in [0.3, 0.4) is 0 Å². The average Bonchev–Trinajstić information content (AvgIpc) is 2.40. The number of halogens is 2. The summed E-state index contributed by atoms with van der Waals surface area (Å²) < 4.78 is 25.0. The zero-order chi connectivity index (χ0) is 7.12. The van der Waals surface area contributed by atoms with E-state index in [-0.39, 0.29) is 6.54 Å². The fourth-order valence-electron chi connectivity index (χ4n) is 0.973. The number of hydrogen-bond donors (Lipinski definition) is 1. The first-order valence-electron chi connectivity index (χ1n) is 3.10. The molecule has 0 aromatic rings. The molecule has 2 N–H and O–H groups in total. The van der Waals surface area contributed by atoms with E-state index in [9.17, 15) is 8.78 Å². The van der Waals surface area contributed by atoms with Crippen LogP contribution in [0.2, 0.25) is 0 Å². The van der Waals surface area contributed by atoms with E-state index < -0.39 is 11.3 Å². The first kappa shape index (κ1) is 6.93. The molecule has 1 rings (SSSR count). The quantitative estimate of drug-likeness (QED) is 0.608. The van der Waals surface area contributed by atoms with Crippen LogP contribution < -0.4 is 5.73 Å². The van der Waals surface area contributed by atoms with Gasteiger partial charge in [-0.05, 0) is 19.8 Å². The molecule has 0 bridgehead atoms. The van der Waals surface area contributed by atoms with Crippen molar-refractivity contribution in [1.82, 2.24) is 0 Å². The summed E-state index contributed by atoms with van der Waals surface area (Å²) >= 11 is 0. The molecule has 0 aliphatic heterocycles. The monoisotopic (exact) mass is 135 g/mol. The third-order valence-corrected chi connectivity index (χ3v) is 2.18. The van der Waals surface area contributed by atoms with Crippen molar-refractivity contribution in [3.63, 3.8) is 0 Å². The molecule has 3 heteroatoms. The smallest absolute Gasteiger partial charge is 0.252 e. The molecule has 1 aliphatic carbocycles. The van der Waals surface area contributed by atoms with Gasteiger partial charge in [-0.15, -0.1) is 0 Å². The van der Waals surface area contributed by atoms with Crippen LogP contribution in [0.15, 0.2) is 0 Å². The van der Waals surface area contributed by atoms with E-state index in [2.05, 4.69) is 0 Å². The zero-order valence-corrected chi connectivity index (χ0v) is 5.45. The molecule has 0 aromatic heterocycles. The van der Waals surface area contributed by atoms with Crippen LogP contribution >= 0.6 is 0 Å². The van der Waals surface area contributed by atoms with Crippen LogP contribution in [0, 0.1) is 5.41 Å².